The Bertz CT molecular complexity index is 1120. The molecule has 0 saturated heterocycles. The number of fused-ring (bicyclic) bond motifs is 1. The van der Waals surface area contributed by atoms with Gasteiger partial charge in [0.2, 0.25) is 0 Å². The summed E-state index contributed by atoms with van der Waals surface area (Å²) in [6.07, 6.45) is 1.66. The minimum absolute atomic E-state index is 0.134. The summed E-state index contributed by atoms with van der Waals surface area (Å²) in [5.41, 5.74) is 1.88. The summed E-state index contributed by atoms with van der Waals surface area (Å²) < 4.78 is 0. The molecule has 7 heteroatoms. The smallest absolute Gasteiger partial charge is 0.147 e. The van der Waals surface area contributed by atoms with Gasteiger partial charge in [-0.25, -0.2) is 0 Å². The van der Waals surface area contributed by atoms with Crippen molar-refractivity contribution in [3.05, 3.63) is 85.6 Å². The number of pyridine rings is 1. The molecular formula is C20H13Cl3N2OS. The van der Waals surface area contributed by atoms with Crippen LogP contribution in [0.1, 0.15) is 16.5 Å². The summed E-state index contributed by atoms with van der Waals surface area (Å²) in [4.78, 5) is 5.33. The fraction of sp³-hybridized carbons (Fsp3) is 0.0500. The Morgan fingerprint density at radius 3 is 2.56 bits per heavy atom. The number of anilines is 1. The standard InChI is InChI=1S/C20H13Cl3N2OS/c21-13-9-15(23)16(10-14(13)22)25-19(17-4-2-8-27-17)12-6-5-11-3-1-7-24-18(11)20(12)26/h1-10,19,25-26H. The van der Waals surface area contributed by atoms with Crippen molar-refractivity contribution in [2.75, 3.05) is 5.32 Å². The number of hydrogen-bond donors (Lipinski definition) is 2. The minimum Gasteiger partial charge on any atom is -0.505 e. The Balaban J connectivity index is 1.84. The summed E-state index contributed by atoms with van der Waals surface area (Å²) >= 11 is 20.1. The molecule has 0 saturated carbocycles. The van der Waals surface area contributed by atoms with Gasteiger partial charge < -0.3 is 10.4 Å². The summed E-state index contributed by atoms with van der Waals surface area (Å²) in [5, 5.41) is 18.4. The van der Waals surface area contributed by atoms with Crippen LogP contribution >= 0.6 is 46.1 Å². The van der Waals surface area contributed by atoms with Crippen LogP contribution in [0.2, 0.25) is 15.1 Å². The molecule has 0 aliphatic carbocycles. The van der Waals surface area contributed by atoms with Crippen LogP contribution in [0.3, 0.4) is 0 Å². The van der Waals surface area contributed by atoms with Gasteiger partial charge in [0.1, 0.15) is 11.3 Å². The van der Waals surface area contributed by atoms with Crippen LogP contribution in [0, 0.1) is 0 Å². The number of rotatable bonds is 4. The first-order chi connectivity index (χ1) is 13.0. The molecule has 1 unspecified atom stereocenters. The Kier molecular flexibility index (Phi) is 5.15. The van der Waals surface area contributed by atoms with Crippen molar-refractivity contribution in [3.63, 3.8) is 0 Å². The van der Waals surface area contributed by atoms with E-state index in [-0.39, 0.29) is 11.8 Å². The van der Waals surface area contributed by atoms with Crippen LogP contribution in [-0.4, -0.2) is 10.1 Å². The zero-order chi connectivity index (χ0) is 19.0. The average molecular weight is 436 g/mol. The lowest BCUT2D eigenvalue weighted by Gasteiger charge is -2.22. The van der Waals surface area contributed by atoms with Crippen LogP contribution in [-0.2, 0) is 0 Å². The Morgan fingerprint density at radius 2 is 1.78 bits per heavy atom. The summed E-state index contributed by atoms with van der Waals surface area (Å²) in [5.74, 6) is 0.134. The highest BCUT2D eigenvalue weighted by Crippen LogP contribution is 2.40. The topological polar surface area (TPSA) is 45.1 Å². The lowest BCUT2D eigenvalue weighted by molar-refractivity contribution is 0.472. The molecule has 2 aromatic heterocycles. The Labute approximate surface area is 175 Å². The third kappa shape index (κ3) is 3.58. The molecule has 27 heavy (non-hydrogen) atoms. The van der Waals surface area contributed by atoms with Crippen molar-refractivity contribution < 1.29 is 5.11 Å². The molecule has 0 aliphatic heterocycles. The number of halogens is 3. The second-order valence-electron chi connectivity index (χ2n) is 5.92. The van der Waals surface area contributed by atoms with E-state index in [1.54, 1.807) is 29.7 Å². The maximum Gasteiger partial charge on any atom is 0.147 e. The quantitative estimate of drug-likeness (QED) is 0.334. The Hall–Kier alpha value is -1.98. The molecule has 4 aromatic rings. The van der Waals surface area contributed by atoms with Crippen molar-refractivity contribution in [2.45, 2.75) is 6.04 Å². The lowest BCUT2D eigenvalue weighted by Crippen LogP contribution is -2.12. The first kappa shape index (κ1) is 18.4. The molecule has 0 aliphatic rings. The molecule has 0 fully saturated rings. The largest absolute Gasteiger partial charge is 0.505 e. The van der Waals surface area contributed by atoms with E-state index in [2.05, 4.69) is 10.3 Å². The van der Waals surface area contributed by atoms with Crippen molar-refractivity contribution >= 4 is 62.7 Å². The van der Waals surface area contributed by atoms with E-state index in [4.69, 9.17) is 34.8 Å². The van der Waals surface area contributed by atoms with Gasteiger partial charge in [-0.1, -0.05) is 59.1 Å². The highest BCUT2D eigenvalue weighted by atomic mass is 35.5. The lowest BCUT2D eigenvalue weighted by atomic mass is 10.0. The van der Waals surface area contributed by atoms with Crippen molar-refractivity contribution in [3.8, 4) is 5.75 Å². The first-order valence-corrected chi connectivity index (χ1v) is 10.1. The van der Waals surface area contributed by atoms with Crippen molar-refractivity contribution in [2.24, 2.45) is 0 Å². The number of aromatic hydroxyl groups is 1. The average Bonchev–Trinajstić information content (AvgIpc) is 3.19. The third-order valence-corrected chi connectivity index (χ3v) is 6.20. The second-order valence-corrected chi connectivity index (χ2v) is 8.12. The van der Waals surface area contributed by atoms with E-state index in [1.807, 2.05) is 41.8 Å². The predicted molar refractivity (Wildman–Crippen MR) is 115 cm³/mol. The van der Waals surface area contributed by atoms with Gasteiger partial charge in [0.05, 0.1) is 26.8 Å². The maximum atomic E-state index is 10.9. The van der Waals surface area contributed by atoms with Gasteiger partial charge >= 0.3 is 0 Å². The van der Waals surface area contributed by atoms with E-state index >= 15 is 0 Å². The van der Waals surface area contributed by atoms with Crippen molar-refractivity contribution in [1.82, 2.24) is 4.98 Å². The molecule has 0 radical (unpaired) electrons. The maximum absolute atomic E-state index is 10.9. The van der Waals surface area contributed by atoms with Crippen LogP contribution in [0.25, 0.3) is 10.9 Å². The summed E-state index contributed by atoms with van der Waals surface area (Å²) in [6.45, 7) is 0. The van der Waals surface area contributed by atoms with Crippen LogP contribution in [0.15, 0.2) is 60.1 Å². The number of thiophene rings is 1. The normalized spacial score (nSPS) is 12.3. The van der Waals surface area contributed by atoms with Gasteiger partial charge in [0.25, 0.3) is 0 Å². The third-order valence-electron chi connectivity index (χ3n) is 4.23. The summed E-state index contributed by atoms with van der Waals surface area (Å²) in [7, 11) is 0. The molecule has 2 N–H and O–H groups in total. The minimum atomic E-state index is -0.328. The van der Waals surface area contributed by atoms with Gasteiger partial charge in [-0.05, 0) is 29.6 Å². The van der Waals surface area contributed by atoms with E-state index in [1.165, 1.54) is 0 Å². The van der Waals surface area contributed by atoms with E-state index in [9.17, 15) is 5.11 Å². The zero-order valence-corrected chi connectivity index (χ0v) is 16.9. The molecule has 3 nitrogen and oxygen atoms in total. The first-order valence-electron chi connectivity index (χ1n) is 8.05. The van der Waals surface area contributed by atoms with E-state index in [0.717, 1.165) is 10.3 Å². The number of hydrogen-bond acceptors (Lipinski definition) is 4. The monoisotopic (exact) mass is 434 g/mol. The molecule has 2 aromatic carbocycles. The SMILES string of the molecule is Oc1c(C(Nc2cc(Cl)c(Cl)cc2Cl)c2cccs2)ccc2cccnc12. The van der Waals surface area contributed by atoms with Gasteiger partial charge in [-0.2, -0.15) is 0 Å². The number of benzene rings is 2. The van der Waals surface area contributed by atoms with Gasteiger partial charge in [-0.3, -0.25) is 4.98 Å². The molecular weight excluding hydrogens is 423 g/mol. The van der Waals surface area contributed by atoms with Gasteiger partial charge in [0, 0.05) is 22.0 Å². The molecule has 0 spiro atoms. The highest BCUT2D eigenvalue weighted by Gasteiger charge is 2.22. The molecule has 0 amide bonds. The molecule has 136 valence electrons. The van der Waals surface area contributed by atoms with Crippen LogP contribution in [0.5, 0.6) is 5.75 Å². The van der Waals surface area contributed by atoms with Crippen LogP contribution in [0.4, 0.5) is 5.69 Å². The fourth-order valence-electron chi connectivity index (χ4n) is 2.92. The fourth-order valence-corrected chi connectivity index (χ4v) is 4.32. The molecule has 2 heterocycles. The zero-order valence-electron chi connectivity index (χ0n) is 13.8. The highest BCUT2D eigenvalue weighted by molar-refractivity contribution is 7.10. The molecule has 4 rings (SSSR count). The van der Waals surface area contributed by atoms with E-state index in [0.29, 0.717) is 31.8 Å². The van der Waals surface area contributed by atoms with E-state index < -0.39 is 0 Å². The summed E-state index contributed by atoms with van der Waals surface area (Å²) in [6, 6.07) is 14.5. The van der Waals surface area contributed by atoms with Crippen molar-refractivity contribution in [1.29, 1.82) is 0 Å². The number of phenols is 1. The predicted octanol–water partition coefficient (Wildman–Crippen LogP) is 7.16. The number of phenolic OH excluding ortho intramolecular Hbond substituents is 1. The number of nitrogens with one attached hydrogen (secondary N) is 1. The number of nitrogens with zero attached hydrogens (tertiary/aromatic N) is 1. The second kappa shape index (κ2) is 7.56. The van der Waals surface area contributed by atoms with Gasteiger partial charge in [-0.15, -0.1) is 11.3 Å². The number of aromatic nitrogens is 1. The van der Waals surface area contributed by atoms with Crippen LogP contribution < -0.4 is 5.32 Å². The Morgan fingerprint density at radius 1 is 0.963 bits per heavy atom. The molecule has 1 atom stereocenters. The van der Waals surface area contributed by atoms with Gasteiger partial charge in [0.15, 0.2) is 0 Å². The molecule has 0 bridgehead atoms.